The van der Waals surface area contributed by atoms with Gasteiger partial charge in [0.25, 0.3) is 0 Å². The van der Waals surface area contributed by atoms with E-state index < -0.39 is 11.6 Å². The second-order valence-corrected chi connectivity index (χ2v) is 6.36. The maximum Gasteiger partial charge on any atom is 0.160 e. The van der Waals surface area contributed by atoms with Gasteiger partial charge in [-0.3, -0.25) is 0 Å². The SMILES string of the molecule is CC(C)(C)NCCc1csc2cc(F)c(F)cc12. The number of hydrogen-bond acceptors (Lipinski definition) is 2. The van der Waals surface area contributed by atoms with Crippen LogP contribution < -0.4 is 5.32 Å². The topological polar surface area (TPSA) is 12.0 Å². The highest BCUT2D eigenvalue weighted by Crippen LogP contribution is 2.28. The van der Waals surface area contributed by atoms with Crippen molar-refractivity contribution >= 4 is 21.4 Å². The molecule has 2 aromatic rings. The van der Waals surface area contributed by atoms with Gasteiger partial charge in [-0.15, -0.1) is 11.3 Å². The van der Waals surface area contributed by atoms with Crippen molar-refractivity contribution in [2.24, 2.45) is 0 Å². The van der Waals surface area contributed by atoms with Crippen LogP contribution >= 0.6 is 11.3 Å². The summed E-state index contributed by atoms with van der Waals surface area (Å²) in [7, 11) is 0. The number of fused-ring (bicyclic) bond motifs is 1. The van der Waals surface area contributed by atoms with E-state index in [4.69, 9.17) is 0 Å². The van der Waals surface area contributed by atoms with Gasteiger partial charge in [0.15, 0.2) is 11.6 Å². The number of thiophene rings is 1. The van der Waals surface area contributed by atoms with Crippen LogP contribution in [-0.4, -0.2) is 12.1 Å². The fraction of sp³-hybridized carbons (Fsp3) is 0.429. The lowest BCUT2D eigenvalue weighted by molar-refractivity contribution is 0.430. The summed E-state index contributed by atoms with van der Waals surface area (Å²) in [5.41, 5.74) is 1.15. The minimum atomic E-state index is -0.774. The van der Waals surface area contributed by atoms with Gasteiger partial charge in [-0.25, -0.2) is 8.78 Å². The Morgan fingerprint density at radius 2 is 1.83 bits per heavy atom. The van der Waals surface area contributed by atoms with E-state index >= 15 is 0 Å². The second kappa shape index (κ2) is 4.94. The molecule has 1 N–H and O–H groups in total. The Balaban J connectivity index is 2.17. The fourth-order valence-corrected chi connectivity index (χ4v) is 2.84. The molecule has 0 aliphatic carbocycles. The predicted octanol–water partition coefficient (Wildman–Crippen LogP) is 4.11. The van der Waals surface area contributed by atoms with Crippen molar-refractivity contribution < 1.29 is 8.78 Å². The van der Waals surface area contributed by atoms with Crippen molar-refractivity contribution in [3.05, 3.63) is 34.7 Å². The van der Waals surface area contributed by atoms with Crippen LogP contribution in [0.25, 0.3) is 10.1 Å². The molecule has 0 bridgehead atoms. The standard InChI is InChI=1S/C14H17F2NS/c1-14(2,3)17-5-4-9-8-18-13-7-12(16)11(15)6-10(9)13/h6-8,17H,4-5H2,1-3H3. The normalized spacial score (nSPS) is 12.3. The number of halogens is 2. The molecule has 0 atom stereocenters. The maximum absolute atomic E-state index is 13.2. The van der Waals surface area contributed by atoms with Gasteiger partial charge in [-0.2, -0.15) is 0 Å². The third-order valence-corrected chi connectivity index (χ3v) is 3.74. The molecule has 2 rings (SSSR count). The largest absolute Gasteiger partial charge is 0.312 e. The molecule has 0 amide bonds. The summed E-state index contributed by atoms with van der Waals surface area (Å²) in [4.78, 5) is 0. The first-order valence-corrected chi connectivity index (χ1v) is 6.85. The number of nitrogens with one attached hydrogen (secondary N) is 1. The fourth-order valence-electron chi connectivity index (χ4n) is 1.84. The van der Waals surface area contributed by atoms with Crippen molar-refractivity contribution in [1.29, 1.82) is 0 Å². The molecule has 18 heavy (non-hydrogen) atoms. The van der Waals surface area contributed by atoms with Crippen LogP contribution in [0.15, 0.2) is 17.5 Å². The summed E-state index contributed by atoms with van der Waals surface area (Å²) in [5, 5.41) is 6.20. The van der Waals surface area contributed by atoms with Crippen LogP contribution in [0.3, 0.4) is 0 Å². The third kappa shape index (κ3) is 3.06. The molecule has 0 saturated heterocycles. The number of benzene rings is 1. The van der Waals surface area contributed by atoms with Crippen molar-refractivity contribution in [2.45, 2.75) is 32.7 Å². The molecular weight excluding hydrogens is 252 g/mol. The smallest absolute Gasteiger partial charge is 0.160 e. The zero-order valence-corrected chi connectivity index (χ0v) is 11.6. The Labute approximate surface area is 110 Å². The molecule has 0 unspecified atom stereocenters. The highest BCUT2D eigenvalue weighted by molar-refractivity contribution is 7.17. The first-order chi connectivity index (χ1) is 8.37. The van der Waals surface area contributed by atoms with E-state index in [2.05, 4.69) is 26.1 Å². The van der Waals surface area contributed by atoms with Gasteiger partial charge >= 0.3 is 0 Å². The molecule has 0 fully saturated rings. The Morgan fingerprint density at radius 3 is 2.50 bits per heavy atom. The lowest BCUT2D eigenvalue weighted by Crippen LogP contribution is -2.37. The quantitative estimate of drug-likeness (QED) is 0.884. The Kier molecular flexibility index (Phi) is 3.69. The predicted molar refractivity (Wildman–Crippen MR) is 73.2 cm³/mol. The molecule has 0 aliphatic heterocycles. The minimum Gasteiger partial charge on any atom is -0.312 e. The lowest BCUT2D eigenvalue weighted by Gasteiger charge is -2.20. The highest BCUT2D eigenvalue weighted by Gasteiger charge is 2.11. The lowest BCUT2D eigenvalue weighted by atomic mass is 10.1. The zero-order valence-electron chi connectivity index (χ0n) is 10.8. The summed E-state index contributed by atoms with van der Waals surface area (Å²) in [6.45, 7) is 7.14. The number of hydrogen-bond donors (Lipinski definition) is 1. The van der Waals surface area contributed by atoms with E-state index in [-0.39, 0.29) is 5.54 Å². The molecule has 0 saturated carbocycles. The third-order valence-electron chi connectivity index (χ3n) is 2.75. The van der Waals surface area contributed by atoms with Crippen LogP contribution in [0.2, 0.25) is 0 Å². The Morgan fingerprint density at radius 1 is 1.17 bits per heavy atom. The van der Waals surface area contributed by atoms with Gasteiger partial charge in [-0.1, -0.05) is 0 Å². The molecule has 0 aliphatic rings. The zero-order chi connectivity index (χ0) is 13.3. The molecular formula is C14H17F2NS. The van der Waals surface area contributed by atoms with E-state index in [1.165, 1.54) is 23.5 Å². The average Bonchev–Trinajstić information content (AvgIpc) is 2.60. The molecule has 1 nitrogen and oxygen atoms in total. The molecule has 0 spiro atoms. The van der Waals surface area contributed by atoms with Crippen molar-refractivity contribution in [1.82, 2.24) is 5.32 Å². The van der Waals surface area contributed by atoms with Gasteiger partial charge in [0, 0.05) is 10.2 Å². The van der Waals surface area contributed by atoms with Gasteiger partial charge in [0.05, 0.1) is 0 Å². The minimum absolute atomic E-state index is 0.0726. The molecule has 4 heteroatoms. The average molecular weight is 269 g/mol. The maximum atomic E-state index is 13.2. The summed E-state index contributed by atoms with van der Waals surface area (Å²) in [5.74, 6) is -1.55. The second-order valence-electron chi connectivity index (χ2n) is 5.45. The summed E-state index contributed by atoms with van der Waals surface area (Å²) >= 11 is 1.46. The van der Waals surface area contributed by atoms with Crippen LogP contribution in [0, 0.1) is 11.6 Å². The van der Waals surface area contributed by atoms with Crippen LogP contribution in [0.1, 0.15) is 26.3 Å². The van der Waals surface area contributed by atoms with Crippen LogP contribution in [-0.2, 0) is 6.42 Å². The van der Waals surface area contributed by atoms with Gasteiger partial charge in [-0.05, 0) is 62.2 Å². The summed E-state index contributed by atoms with van der Waals surface area (Å²) in [6.07, 6.45) is 0.822. The number of rotatable bonds is 3. The molecule has 1 heterocycles. The Bertz CT molecular complexity index is 555. The van der Waals surface area contributed by atoms with Crippen molar-refractivity contribution in [3.8, 4) is 0 Å². The molecule has 0 radical (unpaired) electrons. The van der Waals surface area contributed by atoms with E-state index in [1.807, 2.05) is 5.38 Å². The van der Waals surface area contributed by atoms with Gasteiger partial charge in [0.1, 0.15) is 0 Å². The van der Waals surface area contributed by atoms with Crippen LogP contribution in [0.4, 0.5) is 8.78 Å². The summed E-state index contributed by atoms with van der Waals surface area (Å²) < 4.78 is 27.1. The van der Waals surface area contributed by atoms with Crippen molar-refractivity contribution in [3.63, 3.8) is 0 Å². The molecule has 1 aromatic carbocycles. The van der Waals surface area contributed by atoms with E-state index in [0.717, 1.165) is 28.6 Å². The van der Waals surface area contributed by atoms with E-state index in [9.17, 15) is 8.78 Å². The highest BCUT2D eigenvalue weighted by atomic mass is 32.1. The first-order valence-electron chi connectivity index (χ1n) is 5.97. The first kappa shape index (κ1) is 13.4. The van der Waals surface area contributed by atoms with Gasteiger partial charge in [0.2, 0.25) is 0 Å². The van der Waals surface area contributed by atoms with E-state index in [1.54, 1.807) is 0 Å². The monoisotopic (exact) mass is 269 g/mol. The van der Waals surface area contributed by atoms with Crippen molar-refractivity contribution in [2.75, 3.05) is 6.54 Å². The van der Waals surface area contributed by atoms with Crippen LogP contribution in [0.5, 0.6) is 0 Å². The van der Waals surface area contributed by atoms with Gasteiger partial charge < -0.3 is 5.32 Å². The molecule has 98 valence electrons. The summed E-state index contributed by atoms with van der Waals surface area (Å²) in [6, 6.07) is 2.57. The Hall–Kier alpha value is -1.00. The molecule has 1 aromatic heterocycles. The van der Waals surface area contributed by atoms with E-state index in [0.29, 0.717) is 0 Å².